The van der Waals surface area contributed by atoms with Crippen LogP contribution < -0.4 is 15.4 Å². The maximum atomic E-state index is 10.9. The zero-order valence-electron chi connectivity index (χ0n) is 8.82. The van der Waals surface area contributed by atoms with Gasteiger partial charge in [-0.25, -0.2) is 17.9 Å². The first kappa shape index (κ1) is 14.6. The molecule has 0 spiro atoms. The summed E-state index contributed by atoms with van der Waals surface area (Å²) >= 11 is 0. The van der Waals surface area contributed by atoms with Crippen molar-refractivity contribution in [3.63, 3.8) is 0 Å². The van der Waals surface area contributed by atoms with E-state index in [1.165, 1.54) is 0 Å². The number of hydrogen-bond acceptors (Lipinski definition) is 4. The smallest absolute Gasteiger partial charge is 0.323 e. The van der Waals surface area contributed by atoms with Crippen LogP contribution in [0.5, 0.6) is 0 Å². The molecule has 0 aliphatic heterocycles. The van der Waals surface area contributed by atoms with Crippen molar-refractivity contribution in [2.24, 2.45) is 0 Å². The summed E-state index contributed by atoms with van der Waals surface area (Å²) in [5, 5.41) is 12.7. The van der Waals surface area contributed by atoms with E-state index in [-0.39, 0.29) is 13.1 Å². The van der Waals surface area contributed by atoms with Gasteiger partial charge in [0, 0.05) is 13.1 Å². The maximum Gasteiger partial charge on any atom is 0.323 e. The van der Waals surface area contributed by atoms with Crippen molar-refractivity contribution in [2.75, 3.05) is 25.9 Å². The zero-order chi connectivity index (χ0) is 12.6. The van der Waals surface area contributed by atoms with Crippen LogP contribution in [0, 0.1) is 0 Å². The lowest BCUT2D eigenvalue weighted by atomic mass is 10.4. The minimum atomic E-state index is -3.20. The Morgan fingerprint density at radius 1 is 1.19 bits per heavy atom. The minimum Gasteiger partial charge on any atom is -0.480 e. The molecule has 0 fully saturated rings. The van der Waals surface area contributed by atoms with Gasteiger partial charge in [-0.1, -0.05) is 0 Å². The number of carboxylic acid groups (broad SMARTS) is 1. The summed E-state index contributed by atoms with van der Waals surface area (Å²) in [5.74, 6) is -1.13. The molecule has 0 radical (unpaired) electrons. The van der Waals surface area contributed by atoms with Crippen LogP contribution in [0.1, 0.15) is 6.42 Å². The van der Waals surface area contributed by atoms with E-state index < -0.39 is 28.6 Å². The molecule has 94 valence electrons. The Morgan fingerprint density at radius 3 is 2.31 bits per heavy atom. The monoisotopic (exact) mass is 253 g/mol. The molecule has 0 aromatic heterocycles. The van der Waals surface area contributed by atoms with Crippen molar-refractivity contribution in [1.29, 1.82) is 0 Å². The van der Waals surface area contributed by atoms with E-state index in [9.17, 15) is 18.0 Å². The second-order valence-corrected chi connectivity index (χ2v) is 4.86. The summed E-state index contributed by atoms with van der Waals surface area (Å²) in [6, 6.07) is -0.596. The SMILES string of the molecule is CS(=O)(=O)NCCCNC(=O)NCC(=O)O. The fourth-order valence-corrected chi connectivity index (χ4v) is 1.28. The highest BCUT2D eigenvalue weighted by atomic mass is 32.2. The van der Waals surface area contributed by atoms with E-state index in [2.05, 4.69) is 15.4 Å². The Hall–Kier alpha value is -1.35. The van der Waals surface area contributed by atoms with Gasteiger partial charge in [-0.15, -0.1) is 0 Å². The first-order chi connectivity index (χ1) is 7.31. The van der Waals surface area contributed by atoms with Crippen LogP contribution in [-0.4, -0.2) is 51.4 Å². The standard InChI is InChI=1S/C7H15N3O5S/c1-16(14,15)10-4-2-3-8-7(13)9-5-6(11)12/h10H,2-5H2,1H3,(H,11,12)(H2,8,9,13). The van der Waals surface area contributed by atoms with Gasteiger partial charge in [0.1, 0.15) is 6.54 Å². The summed E-state index contributed by atoms with van der Waals surface area (Å²) in [5.41, 5.74) is 0. The molecule has 0 aromatic rings. The van der Waals surface area contributed by atoms with Crippen molar-refractivity contribution in [3.05, 3.63) is 0 Å². The maximum absolute atomic E-state index is 10.9. The van der Waals surface area contributed by atoms with E-state index in [1.807, 2.05) is 0 Å². The summed E-state index contributed by atoms with van der Waals surface area (Å²) in [4.78, 5) is 21.0. The molecule has 16 heavy (non-hydrogen) atoms. The molecule has 0 saturated heterocycles. The van der Waals surface area contributed by atoms with Gasteiger partial charge in [-0.05, 0) is 6.42 Å². The Labute approximate surface area is 93.5 Å². The predicted molar refractivity (Wildman–Crippen MR) is 56.5 cm³/mol. The molecule has 4 N–H and O–H groups in total. The summed E-state index contributed by atoms with van der Waals surface area (Å²) in [6.45, 7) is 0.0272. The summed E-state index contributed by atoms with van der Waals surface area (Å²) in [6.07, 6.45) is 1.47. The molecule has 8 nitrogen and oxygen atoms in total. The molecule has 0 bridgehead atoms. The number of carbonyl (C=O) groups excluding carboxylic acids is 1. The van der Waals surface area contributed by atoms with Crippen LogP contribution in [-0.2, 0) is 14.8 Å². The fourth-order valence-electron chi connectivity index (χ4n) is 0.766. The lowest BCUT2D eigenvalue weighted by Gasteiger charge is -2.05. The van der Waals surface area contributed by atoms with Crippen LogP contribution in [0.2, 0.25) is 0 Å². The van der Waals surface area contributed by atoms with Gasteiger partial charge in [0.05, 0.1) is 6.26 Å². The largest absolute Gasteiger partial charge is 0.480 e. The third-order valence-corrected chi connectivity index (χ3v) is 2.13. The van der Waals surface area contributed by atoms with Crippen LogP contribution >= 0.6 is 0 Å². The number of aliphatic carboxylic acids is 1. The van der Waals surface area contributed by atoms with Crippen molar-refractivity contribution in [1.82, 2.24) is 15.4 Å². The normalized spacial score (nSPS) is 10.8. The number of nitrogens with one attached hydrogen (secondary N) is 3. The van der Waals surface area contributed by atoms with Gasteiger partial charge in [0.25, 0.3) is 0 Å². The van der Waals surface area contributed by atoms with E-state index in [0.29, 0.717) is 6.42 Å². The number of urea groups is 1. The molecular weight excluding hydrogens is 238 g/mol. The average molecular weight is 253 g/mol. The van der Waals surface area contributed by atoms with Crippen molar-refractivity contribution < 1.29 is 23.1 Å². The van der Waals surface area contributed by atoms with Crippen LogP contribution in [0.3, 0.4) is 0 Å². The second kappa shape index (κ2) is 7.01. The first-order valence-corrected chi connectivity index (χ1v) is 6.38. The number of rotatable bonds is 7. The summed E-state index contributed by atoms with van der Waals surface area (Å²) < 4.78 is 23.5. The van der Waals surface area contributed by atoms with Crippen LogP contribution in [0.15, 0.2) is 0 Å². The molecule has 0 rings (SSSR count). The molecule has 2 amide bonds. The Balaban J connectivity index is 3.45. The van der Waals surface area contributed by atoms with Gasteiger partial charge in [-0.2, -0.15) is 0 Å². The van der Waals surface area contributed by atoms with Gasteiger partial charge in [-0.3, -0.25) is 4.79 Å². The number of sulfonamides is 1. The number of hydrogen-bond donors (Lipinski definition) is 4. The van der Waals surface area contributed by atoms with Gasteiger partial charge in [0.2, 0.25) is 10.0 Å². The lowest BCUT2D eigenvalue weighted by Crippen LogP contribution is -2.39. The highest BCUT2D eigenvalue weighted by molar-refractivity contribution is 7.88. The van der Waals surface area contributed by atoms with Crippen LogP contribution in [0.4, 0.5) is 4.79 Å². The van der Waals surface area contributed by atoms with E-state index >= 15 is 0 Å². The molecule has 0 atom stereocenters. The number of amides is 2. The number of carbonyl (C=O) groups is 2. The molecule has 0 aliphatic rings. The third-order valence-electron chi connectivity index (χ3n) is 1.40. The lowest BCUT2D eigenvalue weighted by molar-refractivity contribution is -0.135. The first-order valence-electron chi connectivity index (χ1n) is 4.49. The average Bonchev–Trinajstić information content (AvgIpc) is 2.12. The van der Waals surface area contributed by atoms with E-state index in [0.717, 1.165) is 6.26 Å². The van der Waals surface area contributed by atoms with Crippen molar-refractivity contribution in [3.8, 4) is 0 Å². The Morgan fingerprint density at radius 2 is 1.81 bits per heavy atom. The van der Waals surface area contributed by atoms with Gasteiger partial charge >= 0.3 is 12.0 Å². The topological polar surface area (TPSA) is 125 Å². The predicted octanol–water partition coefficient (Wildman–Crippen LogP) is -1.69. The molecule has 9 heteroatoms. The molecule has 0 saturated carbocycles. The fraction of sp³-hybridized carbons (Fsp3) is 0.714. The van der Waals surface area contributed by atoms with E-state index in [4.69, 9.17) is 5.11 Å². The third kappa shape index (κ3) is 10.7. The molecule has 0 aliphatic carbocycles. The minimum absolute atomic E-state index is 0.220. The second-order valence-electron chi connectivity index (χ2n) is 3.02. The van der Waals surface area contributed by atoms with Crippen molar-refractivity contribution >= 4 is 22.0 Å². The molecule has 0 heterocycles. The molecular formula is C7H15N3O5S. The quantitative estimate of drug-likeness (QED) is 0.403. The van der Waals surface area contributed by atoms with E-state index in [1.54, 1.807) is 0 Å². The van der Waals surface area contributed by atoms with Crippen molar-refractivity contribution in [2.45, 2.75) is 6.42 Å². The van der Waals surface area contributed by atoms with Crippen LogP contribution in [0.25, 0.3) is 0 Å². The Bertz CT molecular complexity index is 340. The highest BCUT2D eigenvalue weighted by Gasteiger charge is 2.02. The molecule has 0 aromatic carbocycles. The Kier molecular flexibility index (Phi) is 6.42. The summed E-state index contributed by atoms with van der Waals surface area (Å²) in [7, 11) is -3.20. The zero-order valence-corrected chi connectivity index (χ0v) is 9.63. The highest BCUT2D eigenvalue weighted by Crippen LogP contribution is 1.78. The number of carboxylic acids is 1. The molecule has 0 unspecified atom stereocenters. The van der Waals surface area contributed by atoms with Gasteiger partial charge < -0.3 is 15.7 Å². The van der Waals surface area contributed by atoms with Gasteiger partial charge in [0.15, 0.2) is 0 Å².